The van der Waals surface area contributed by atoms with Crippen LogP contribution >= 0.6 is 0 Å². The molecule has 8 nitrogen and oxygen atoms in total. The lowest BCUT2D eigenvalue weighted by atomic mass is 10.1. The third-order valence-corrected chi connectivity index (χ3v) is 5.07. The van der Waals surface area contributed by atoms with E-state index in [1.807, 2.05) is 6.92 Å². The smallest absolute Gasteiger partial charge is 0.167 e. The van der Waals surface area contributed by atoms with Gasteiger partial charge in [0.25, 0.3) is 0 Å². The molecule has 0 unspecified atom stereocenters. The fourth-order valence-electron chi connectivity index (χ4n) is 3.70. The summed E-state index contributed by atoms with van der Waals surface area (Å²) in [4.78, 5) is 13.1. The molecule has 3 heterocycles. The molecule has 3 N–H and O–H groups in total. The second-order valence-electron chi connectivity index (χ2n) is 6.63. The van der Waals surface area contributed by atoms with Crippen LogP contribution in [0.2, 0.25) is 0 Å². The normalized spacial score (nSPS) is 31.1. The molecule has 2 aromatic rings. The Balaban J connectivity index is 1.65. The van der Waals surface area contributed by atoms with Crippen LogP contribution in [0.4, 0.5) is 5.82 Å². The number of hydrogen-bond donors (Lipinski definition) is 3. The molecule has 0 aromatic carbocycles. The summed E-state index contributed by atoms with van der Waals surface area (Å²) >= 11 is 0. The first-order valence-corrected chi connectivity index (χ1v) is 8.64. The summed E-state index contributed by atoms with van der Waals surface area (Å²) in [5.74, 6) is 0.714. The molecule has 0 amide bonds. The second-order valence-corrected chi connectivity index (χ2v) is 6.63. The second kappa shape index (κ2) is 6.27. The van der Waals surface area contributed by atoms with Crippen molar-refractivity contribution in [2.24, 2.45) is 0 Å². The molecule has 4 rings (SSSR count). The number of fused-ring (bicyclic) bond motifs is 1. The van der Waals surface area contributed by atoms with Gasteiger partial charge < -0.3 is 20.3 Å². The average molecular weight is 333 g/mol. The van der Waals surface area contributed by atoms with Crippen molar-refractivity contribution < 1.29 is 14.9 Å². The Labute approximate surface area is 139 Å². The number of anilines is 1. The van der Waals surface area contributed by atoms with Crippen molar-refractivity contribution in [3.8, 4) is 0 Å². The number of nitrogens with one attached hydrogen (secondary N) is 1. The van der Waals surface area contributed by atoms with Gasteiger partial charge in [0, 0.05) is 6.04 Å². The summed E-state index contributed by atoms with van der Waals surface area (Å²) in [5.41, 5.74) is 1.26. The highest BCUT2D eigenvalue weighted by atomic mass is 16.6. The van der Waals surface area contributed by atoms with Gasteiger partial charge in [-0.25, -0.2) is 15.0 Å². The van der Waals surface area contributed by atoms with Gasteiger partial charge in [-0.3, -0.25) is 4.57 Å². The van der Waals surface area contributed by atoms with E-state index in [1.54, 1.807) is 10.9 Å². The van der Waals surface area contributed by atoms with E-state index in [0.29, 0.717) is 29.4 Å². The number of imidazole rings is 1. The van der Waals surface area contributed by atoms with E-state index in [0.717, 1.165) is 12.8 Å². The molecule has 1 saturated carbocycles. The summed E-state index contributed by atoms with van der Waals surface area (Å²) in [6.45, 7) is 1.92. The molecule has 2 aromatic heterocycles. The number of aliphatic hydroxyl groups excluding tert-OH is 2. The zero-order valence-corrected chi connectivity index (χ0v) is 13.7. The molecule has 2 fully saturated rings. The minimum Gasteiger partial charge on any atom is -0.388 e. The predicted molar refractivity (Wildman–Crippen MR) is 87.4 cm³/mol. The third kappa shape index (κ3) is 2.54. The van der Waals surface area contributed by atoms with Crippen LogP contribution in [0.5, 0.6) is 0 Å². The van der Waals surface area contributed by atoms with E-state index in [1.165, 1.54) is 19.2 Å². The molecule has 1 aliphatic carbocycles. The van der Waals surface area contributed by atoms with Gasteiger partial charge in [-0.15, -0.1) is 0 Å². The van der Waals surface area contributed by atoms with Crippen LogP contribution in [-0.2, 0) is 4.74 Å². The first-order chi connectivity index (χ1) is 11.7. The van der Waals surface area contributed by atoms with Crippen LogP contribution in [0.3, 0.4) is 0 Å². The van der Waals surface area contributed by atoms with E-state index in [2.05, 4.69) is 20.3 Å². The van der Waals surface area contributed by atoms with Gasteiger partial charge in [-0.1, -0.05) is 19.8 Å². The van der Waals surface area contributed by atoms with Gasteiger partial charge in [0.15, 0.2) is 23.2 Å². The minimum absolute atomic E-state index is 0.389. The standard InChI is InChI=1S/C16H23N5O3/c1-2-10-12(22)13(23)16(24-10)21-8-19-11-14(17-7-18-15(11)21)20-9-5-3-4-6-9/h7-10,12-13,16,22-23H,2-6H2,1H3,(H,17,18,20)/t10-,12-,13-,16-/m1/s1. The maximum atomic E-state index is 10.3. The zero-order valence-electron chi connectivity index (χ0n) is 13.7. The number of hydrogen-bond acceptors (Lipinski definition) is 7. The van der Waals surface area contributed by atoms with Crippen molar-refractivity contribution in [2.75, 3.05) is 5.32 Å². The molecule has 4 atom stereocenters. The molecular formula is C16H23N5O3. The third-order valence-electron chi connectivity index (χ3n) is 5.07. The summed E-state index contributed by atoms with van der Waals surface area (Å²) in [7, 11) is 0. The van der Waals surface area contributed by atoms with Gasteiger partial charge in [-0.05, 0) is 19.3 Å². The molecular weight excluding hydrogens is 310 g/mol. The highest BCUT2D eigenvalue weighted by molar-refractivity contribution is 5.82. The molecule has 8 heteroatoms. The highest BCUT2D eigenvalue weighted by Crippen LogP contribution is 2.33. The Morgan fingerprint density at radius 1 is 1.21 bits per heavy atom. The molecule has 130 valence electrons. The molecule has 0 radical (unpaired) electrons. The monoisotopic (exact) mass is 333 g/mol. The van der Waals surface area contributed by atoms with Crippen molar-refractivity contribution in [2.45, 2.75) is 69.6 Å². The zero-order chi connectivity index (χ0) is 16.7. The van der Waals surface area contributed by atoms with Crippen LogP contribution in [0.1, 0.15) is 45.3 Å². The van der Waals surface area contributed by atoms with Gasteiger partial charge in [0.1, 0.15) is 18.5 Å². The predicted octanol–water partition coefficient (Wildman–Crippen LogP) is 1.21. The summed E-state index contributed by atoms with van der Waals surface area (Å²) in [5, 5.41) is 23.8. The van der Waals surface area contributed by atoms with Crippen molar-refractivity contribution in [3.63, 3.8) is 0 Å². The lowest BCUT2D eigenvalue weighted by Crippen LogP contribution is -2.31. The molecule has 24 heavy (non-hydrogen) atoms. The molecule has 1 saturated heterocycles. The number of aliphatic hydroxyl groups is 2. The largest absolute Gasteiger partial charge is 0.388 e. The average Bonchev–Trinajstić information content (AvgIpc) is 3.30. The van der Waals surface area contributed by atoms with Crippen molar-refractivity contribution >= 4 is 17.0 Å². The molecule has 2 aliphatic rings. The summed E-state index contributed by atoms with van der Waals surface area (Å²) in [6, 6.07) is 0.424. The van der Waals surface area contributed by atoms with Crippen LogP contribution in [0, 0.1) is 0 Å². The van der Waals surface area contributed by atoms with Crippen molar-refractivity contribution in [3.05, 3.63) is 12.7 Å². The van der Waals surface area contributed by atoms with E-state index in [9.17, 15) is 10.2 Å². The fourth-order valence-corrected chi connectivity index (χ4v) is 3.70. The Morgan fingerprint density at radius 2 is 2.00 bits per heavy atom. The van der Waals surface area contributed by atoms with Crippen molar-refractivity contribution in [1.82, 2.24) is 19.5 Å². The van der Waals surface area contributed by atoms with Gasteiger partial charge in [-0.2, -0.15) is 0 Å². The summed E-state index contributed by atoms with van der Waals surface area (Å²) in [6.07, 6.45) is 5.48. The van der Waals surface area contributed by atoms with Gasteiger partial charge in [0.2, 0.25) is 0 Å². The topological polar surface area (TPSA) is 105 Å². The lowest BCUT2D eigenvalue weighted by Gasteiger charge is -2.17. The Kier molecular flexibility index (Phi) is 4.11. The van der Waals surface area contributed by atoms with Crippen LogP contribution in [0.15, 0.2) is 12.7 Å². The highest BCUT2D eigenvalue weighted by Gasteiger charge is 2.43. The molecule has 0 spiro atoms. The number of rotatable bonds is 4. The van der Waals surface area contributed by atoms with Crippen LogP contribution in [0.25, 0.3) is 11.2 Å². The first-order valence-electron chi connectivity index (χ1n) is 8.64. The van der Waals surface area contributed by atoms with Crippen LogP contribution in [-0.4, -0.2) is 54.1 Å². The van der Waals surface area contributed by atoms with E-state index >= 15 is 0 Å². The first kappa shape index (κ1) is 15.7. The number of nitrogens with zero attached hydrogens (tertiary/aromatic N) is 4. The summed E-state index contributed by atoms with van der Waals surface area (Å²) < 4.78 is 7.48. The van der Waals surface area contributed by atoms with E-state index < -0.39 is 18.4 Å². The number of ether oxygens (including phenoxy) is 1. The van der Waals surface area contributed by atoms with E-state index in [-0.39, 0.29) is 6.10 Å². The number of aromatic nitrogens is 4. The Hall–Kier alpha value is -1.77. The SMILES string of the molecule is CC[C@H]1O[C@@H](n2cnc3c(NC4CCCC4)ncnc32)[C@H](O)[C@@H]1O. The minimum atomic E-state index is -1.01. The quantitative estimate of drug-likeness (QED) is 0.772. The van der Waals surface area contributed by atoms with E-state index in [4.69, 9.17) is 4.74 Å². The Bertz CT molecular complexity index is 715. The van der Waals surface area contributed by atoms with Gasteiger partial charge >= 0.3 is 0 Å². The van der Waals surface area contributed by atoms with Crippen LogP contribution < -0.4 is 5.32 Å². The lowest BCUT2D eigenvalue weighted by molar-refractivity contribution is -0.0355. The van der Waals surface area contributed by atoms with Gasteiger partial charge in [0.05, 0.1) is 12.4 Å². The maximum Gasteiger partial charge on any atom is 0.167 e. The maximum absolute atomic E-state index is 10.3. The Morgan fingerprint density at radius 3 is 2.71 bits per heavy atom. The van der Waals surface area contributed by atoms with Crippen molar-refractivity contribution in [1.29, 1.82) is 0 Å². The molecule has 1 aliphatic heterocycles. The molecule has 0 bridgehead atoms. The fraction of sp³-hybridized carbons (Fsp3) is 0.688.